The molecule has 0 fully saturated rings. The molecule has 4 nitrogen and oxygen atoms in total. The van der Waals surface area contributed by atoms with Crippen LogP contribution in [0.5, 0.6) is 0 Å². The summed E-state index contributed by atoms with van der Waals surface area (Å²) in [5.74, 6) is 1.38. The van der Waals surface area contributed by atoms with Crippen molar-refractivity contribution in [3.8, 4) is 0 Å². The van der Waals surface area contributed by atoms with Gasteiger partial charge in [0.2, 0.25) is 5.91 Å². The van der Waals surface area contributed by atoms with Crippen molar-refractivity contribution in [1.82, 2.24) is 5.32 Å². The number of rotatable bonds is 4. The third-order valence-electron chi connectivity index (χ3n) is 3.43. The fourth-order valence-electron chi connectivity index (χ4n) is 2.53. The van der Waals surface area contributed by atoms with E-state index in [0.29, 0.717) is 5.92 Å². The monoisotopic (exact) mass is 250 g/mol. The second-order valence-electron chi connectivity index (χ2n) is 5.49. The number of hydrogen-bond acceptors (Lipinski definition) is 3. The summed E-state index contributed by atoms with van der Waals surface area (Å²) in [4.78, 5) is 12.0. The molecule has 3 N–H and O–H groups in total. The number of aryl methyl sites for hydroxylation is 1. The molecule has 0 spiro atoms. The maximum Gasteiger partial charge on any atom is 0.237 e. The summed E-state index contributed by atoms with van der Waals surface area (Å²) in [6, 6.07) is 1.61. The molecule has 0 aromatic carbocycles. The van der Waals surface area contributed by atoms with E-state index < -0.39 is 6.04 Å². The van der Waals surface area contributed by atoms with Crippen molar-refractivity contribution in [2.24, 2.45) is 11.7 Å². The van der Waals surface area contributed by atoms with Gasteiger partial charge >= 0.3 is 0 Å². The first-order valence-electron chi connectivity index (χ1n) is 6.70. The first kappa shape index (κ1) is 13.1. The summed E-state index contributed by atoms with van der Waals surface area (Å²) in [5, 5.41) is 3.04. The smallest absolute Gasteiger partial charge is 0.237 e. The Morgan fingerprint density at radius 1 is 1.61 bits per heavy atom. The lowest BCUT2D eigenvalue weighted by atomic mass is 9.93. The van der Waals surface area contributed by atoms with E-state index in [4.69, 9.17) is 10.2 Å². The number of nitrogens with two attached hydrogens (primary N) is 1. The third-order valence-corrected chi connectivity index (χ3v) is 3.43. The van der Waals surface area contributed by atoms with Crippen LogP contribution < -0.4 is 11.1 Å². The van der Waals surface area contributed by atoms with Gasteiger partial charge in [0.15, 0.2) is 0 Å². The molecule has 1 aliphatic rings. The van der Waals surface area contributed by atoms with E-state index in [9.17, 15) is 4.79 Å². The van der Waals surface area contributed by atoms with Gasteiger partial charge in [-0.05, 0) is 31.2 Å². The van der Waals surface area contributed by atoms with Crippen LogP contribution in [0.1, 0.15) is 50.5 Å². The number of carbonyl (C=O) groups excluding carboxylic acids is 1. The van der Waals surface area contributed by atoms with E-state index in [1.807, 2.05) is 6.07 Å². The molecular formula is C14H22N2O2. The van der Waals surface area contributed by atoms with E-state index in [-0.39, 0.29) is 11.9 Å². The standard InChI is InChI=1S/C14H22N2O2/c1-9(2)8-11(15)14(17)16-12-4-3-5-13-10(12)6-7-18-13/h6-7,9,11-12H,3-5,8,15H2,1-2H3,(H,16,17)/t11-,12?/m1/s1. The Morgan fingerprint density at radius 2 is 2.39 bits per heavy atom. The van der Waals surface area contributed by atoms with Gasteiger partial charge in [-0.15, -0.1) is 0 Å². The molecule has 1 aromatic rings. The maximum absolute atomic E-state index is 12.0. The minimum Gasteiger partial charge on any atom is -0.469 e. The lowest BCUT2D eigenvalue weighted by Gasteiger charge is -2.24. The van der Waals surface area contributed by atoms with Gasteiger partial charge in [0, 0.05) is 12.0 Å². The summed E-state index contributed by atoms with van der Waals surface area (Å²) in [6.07, 6.45) is 5.39. The van der Waals surface area contributed by atoms with Crippen LogP contribution in [0.15, 0.2) is 16.7 Å². The van der Waals surface area contributed by atoms with Crippen LogP contribution in [-0.4, -0.2) is 11.9 Å². The molecule has 0 saturated heterocycles. The van der Waals surface area contributed by atoms with Crippen molar-refractivity contribution >= 4 is 5.91 Å². The number of carbonyl (C=O) groups is 1. The van der Waals surface area contributed by atoms with Crippen molar-refractivity contribution in [2.45, 2.75) is 51.6 Å². The van der Waals surface area contributed by atoms with Gasteiger partial charge in [-0.2, -0.15) is 0 Å². The zero-order valence-corrected chi connectivity index (χ0v) is 11.1. The highest BCUT2D eigenvalue weighted by Crippen LogP contribution is 2.30. The minimum absolute atomic E-state index is 0.0530. The third kappa shape index (κ3) is 2.93. The fourth-order valence-corrected chi connectivity index (χ4v) is 2.53. The van der Waals surface area contributed by atoms with E-state index in [0.717, 1.165) is 37.0 Å². The van der Waals surface area contributed by atoms with Crippen LogP contribution in [0.4, 0.5) is 0 Å². The normalized spacial score (nSPS) is 20.6. The molecular weight excluding hydrogens is 228 g/mol. The fraction of sp³-hybridized carbons (Fsp3) is 0.643. The van der Waals surface area contributed by atoms with Crippen LogP contribution in [0.3, 0.4) is 0 Å². The highest BCUT2D eigenvalue weighted by Gasteiger charge is 2.25. The van der Waals surface area contributed by atoms with Gasteiger partial charge in [0.1, 0.15) is 5.76 Å². The Labute approximate surface area is 108 Å². The van der Waals surface area contributed by atoms with Crippen LogP contribution in [0.25, 0.3) is 0 Å². The first-order chi connectivity index (χ1) is 8.58. The molecule has 0 aliphatic heterocycles. The van der Waals surface area contributed by atoms with E-state index in [1.165, 1.54) is 0 Å². The van der Waals surface area contributed by atoms with Crippen molar-refractivity contribution in [3.05, 3.63) is 23.7 Å². The Hall–Kier alpha value is -1.29. The Balaban J connectivity index is 1.97. The van der Waals surface area contributed by atoms with Crippen molar-refractivity contribution in [2.75, 3.05) is 0 Å². The quantitative estimate of drug-likeness (QED) is 0.860. The van der Waals surface area contributed by atoms with E-state index >= 15 is 0 Å². The molecule has 1 unspecified atom stereocenters. The Kier molecular flexibility index (Phi) is 4.07. The number of nitrogens with one attached hydrogen (secondary N) is 1. The second kappa shape index (κ2) is 5.57. The second-order valence-corrected chi connectivity index (χ2v) is 5.49. The van der Waals surface area contributed by atoms with Gasteiger partial charge in [-0.3, -0.25) is 4.79 Å². The van der Waals surface area contributed by atoms with E-state index in [2.05, 4.69) is 19.2 Å². The Morgan fingerprint density at radius 3 is 3.11 bits per heavy atom. The highest BCUT2D eigenvalue weighted by atomic mass is 16.3. The number of hydrogen-bond donors (Lipinski definition) is 2. The maximum atomic E-state index is 12.0. The molecule has 1 aromatic heterocycles. The minimum atomic E-state index is -0.415. The highest BCUT2D eigenvalue weighted by molar-refractivity contribution is 5.81. The summed E-state index contributed by atoms with van der Waals surface area (Å²) >= 11 is 0. The molecule has 0 radical (unpaired) electrons. The van der Waals surface area contributed by atoms with Crippen molar-refractivity contribution < 1.29 is 9.21 Å². The molecule has 100 valence electrons. The zero-order chi connectivity index (χ0) is 13.1. The van der Waals surface area contributed by atoms with Gasteiger partial charge in [-0.25, -0.2) is 0 Å². The largest absolute Gasteiger partial charge is 0.469 e. The zero-order valence-electron chi connectivity index (χ0n) is 11.1. The van der Waals surface area contributed by atoms with E-state index in [1.54, 1.807) is 6.26 Å². The van der Waals surface area contributed by atoms with Crippen LogP contribution in [0.2, 0.25) is 0 Å². The molecule has 0 saturated carbocycles. The van der Waals surface area contributed by atoms with Gasteiger partial charge < -0.3 is 15.5 Å². The number of amides is 1. The van der Waals surface area contributed by atoms with Crippen molar-refractivity contribution in [1.29, 1.82) is 0 Å². The predicted octanol–water partition coefficient (Wildman–Crippen LogP) is 2.15. The van der Waals surface area contributed by atoms with Crippen LogP contribution >= 0.6 is 0 Å². The van der Waals surface area contributed by atoms with Gasteiger partial charge in [0.05, 0.1) is 18.3 Å². The summed E-state index contributed by atoms with van der Waals surface area (Å²) in [6.45, 7) is 4.14. The summed E-state index contributed by atoms with van der Waals surface area (Å²) in [7, 11) is 0. The molecule has 1 heterocycles. The number of furan rings is 1. The molecule has 0 bridgehead atoms. The topological polar surface area (TPSA) is 68.3 Å². The van der Waals surface area contributed by atoms with Crippen LogP contribution in [-0.2, 0) is 11.2 Å². The summed E-state index contributed by atoms with van der Waals surface area (Å²) < 4.78 is 5.41. The lowest BCUT2D eigenvalue weighted by molar-refractivity contribution is -0.123. The predicted molar refractivity (Wildman–Crippen MR) is 70.0 cm³/mol. The lowest BCUT2D eigenvalue weighted by Crippen LogP contribution is -2.43. The number of fused-ring (bicyclic) bond motifs is 1. The molecule has 4 heteroatoms. The van der Waals surface area contributed by atoms with Gasteiger partial charge in [0.25, 0.3) is 0 Å². The average molecular weight is 250 g/mol. The molecule has 2 atom stereocenters. The molecule has 1 amide bonds. The molecule has 2 rings (SSSR count). The Bertz CT molecular complexity index is 412. The molecule has 18 heavy (non-hydrogen) atoms. The summed E-state index contributed by atoms with van der Waals surface area (Å²) in [5.41, 5.74) is 7.01. The van der Waals surface area contributed by atoms with Gasteiger partial charge in [-0.1, -0.05) is 13.8 Å². The SMILES string of the molecule is CC(C)C[C@@H](N)C(=O)NC1CCCc2occc21. The van der Waals surface area contributed by atoms with Crippen LogP contribution in [0, 0.1) is 5.92 Å². The average Bonchev–Trinajstić information content (AvgIpc) is 2.77. The molecule has 1 aliphatic carbocycles. The van der Waals surface area contributed by atoms with Crippen molar-refractivity contribution in [3.63, 3.8) is 0 Å². The first-order valence-corrected chi connectivity index (χ1v) is 6.70.